The maximum atomic E-state index is 6.15. The number of nitrogens with two attached hydrogens (primary N) is 2. The first-order chi connectivity index (χ1) is 17.7. The molecule has 0 heterocycles. The molecule has 4 N–H and O–H groups in total. The lowest BCUT2D eigenvalue weighted by molar-refractivity contribution is 0.475. The van der Waals surface area contributed by atoms with Gasteiger partial charge in [0.25, 0.3) is 0 Å². The van der Waals surface area contributed by atoms with Crippen LogP contribution in [-0.4, -0.2) is 0 Å². The van der Waals surface area contributed by atoms with Gasteiger partial charge in [-0.2, -0.15) is 0 Å². The van der Waals surface area contributed by atoms with Gasteiger partial charge in [-0.25, -0.2) is 0 Å². The minimum absolute atomic E-state index is 0.177. The fourth-order valence-corrected chi connectivity index (χ4v) is 6.77. The molecule has 0 fully saturated rings. The van der Waals surface area contributed by atoms with E-state index in [1.165, 1.54) is 11.1 Å². The second-order valence-electron chi connectivity index (χ2n) is 8.66. The Morgan fingerprint density at radius 3 is 1.30 bits per heavy atom. The second-order valence-corrected chi connectivity index (χ2v) is 12.1. The Balaban J connectivity index is 1.66. The molecule has 0 unspecified atom stereocenters. The van der Waals surface area contributed by atoms with Gasteiger partial charge in [-0.1, -0.05) is 19.8 Å². The van der Waals surface area contributed by atoms with Gasteiger partial charge in [0.1, 0.15) is 11.5 Å². The zero-order valence-corrected chi connectivity index (χ0v) is 26.5. The van der Waals surface area contributed by atoms with Gasteiger partial charge >= 0.3 is 0 Å². The van der Waals surface area contributed by atoms with E-state index in [1.54, 1.807) is 0 Å². The molecule has 0 radical (unpaired) electrons. The molecule has 8 heteroatoms. The molecule has 4 rings (SSSR count). The van der Waals surface area contributed by atoms with Crippen LogP contribution in [0.5, 0.6) is 23.0 Å². The lowest BCUT2D eigenvalue weighted by Gasteiger charge is -2.22. The number of nitrogen functional groups attached to an aromatic ring is 2. The van der Waals surface area contributed by atoms with Gasteiger partial charge in [0, 0.05) is 17.3 Å². The van der Waals surface area contributed by atoms with Crippen molar-refractivity contribution in [2.75, 3.05) is 11.5 Å². The van der Waals surface area contributed by atoms with Crippen LogP contribution in [0.2, 0.25) is 0 Å². The number of hydrogen-bond acceptors (Lipinski definition) is 4. The Labute approximate surface area is 251 Å². The SMILES string of the molecule is CCCCC(c1cc(Br)c(Oc2ccc(N)cc2)c(Br)c1)c1cc(Br)c(Oc2ccc(N)cc2)c(Br)c1. The highest BCUT2D eigenvalue weighted by Gasteiger charge is 2.21. The number of unbranched alkanes of at least 4 members (excludes halogenated alkanes) is 1. The number of hydrogen-bond donors (Lipinski definition) is 2. The first-order valence-electron chi connectivity index (χ1n) is 11.8. The molecule has 0 aliphatic carbocycles. The molecule has 0 amide bonds. The van der Waals surface area contributed by atoms with Gasteiger partial charge in [0.2, 0.25) is 0 Å². The first kappa shape index (κ1) is 28.0. The van der Waals surface area contributed by atoms with Gasteiger partial charge < -0.3 is 20.9 Å². The molecule has 0 atom stereocenters. The molecule has 4 aromatic rings. The number of rotatable bonds is 9. The largest absolute Gasteiger partial charge is 0.455 e. The predicted molar refractivity (Wildman–Crippen MR) is 167 cm³/mol. The predicted octanol–water partition coefficient (Wildman–Crippen LogP) is 10.8. The first-order valence-corrected chi connectivity index (χ1v) is 15.0. The van der Waals surface area contributed by atoms with Gasteiger partial charge in [-0.15, -0.1) is 0 Å². The topological polar surface area (TPSA) is 70.5 Å². The summed E-state index contributed by atoms with van der Waals surface area (Å²) in [5, 5.41) is 0. The van der Waals surface area contributed by atoms with E-state index in [9.17, 15) is 0 Å². The molecule has 37 heavy (non-hydrogen) atoms. The standard InChI is InChI=1S/C29H26Br4N2O2/c1-2-3-4-23(17-13-24(30)28(25(31)14-17)36-21-9-5-19(34)6-10-21)18-15-26(32)29(27(33)16-18)37-22-11-7-20(35)8-12-22/h5-16,23H,2-4,34-35H2,1H3. The third-order valence-electron chi connectivity index (χ3n) is 5.89. The molecule has 0 bridgehead atoms. The molecule has 4 nitrogen and oxygen atoms in total. The van der Waals surface area contributed by atoms with Crippen molar-refractivity contribution in [3.63, 3.8) is 0 Å². The van der Waals surface area contributed by atoms with Gasteiger partial charge in [-0.05, 0) is 154 Å². The van der Waals surface area contributed by atoms with Crippen molar-refractivity contribution in [1.82, 2.24) is 0 Å². The molecule has 0 saturated carbocycles. The lowest BCUT2D eigenvalue weighted by Crippen LogP contribution is -2.03. The van der Waals surface area contributed by atoms with Gasteiger partial charge in [-0.3, -0.25) is 0 Å². The highest BCUT2D eigenvalue weighted by Crippen LogP contribution is 2.45. The van der Waals surface area contributed by atoms with Crippen molar-refractivity contribution >= 4 is 75.1 Å². The van der Waals surface area contributed by atoms with Crippen LogP contribution in [-0.2, 0) is 0 Å². The van der Waals surface area contributed by atoms with Gasteiger partial charge in [0.05, 0.1) is 17.9 Å². The van der Waals surface area contributed by atoms with Crippen LogP contribution in [0.15, 0.2) is 90.7 Å². The quantitative estimate of drug-likeness (QED) is 0.167. The van der Waals surface area contributed by atoms with E-state index >= 15 is 0 Å². The van der Waals surface area contributed by atoms with E-state index < -0.39 is 0 Å². The second kappa shape index (κ2) is 12.7. The van der Waals surface area contributed by atoms with Crippen molar-refractivity contribution in [3.8, 4) is 23.0 Å². The molecule has 0 aliphatic heterocycles. The van der Waals surface area contributed by atoms with Crippen molar-refractivity contribution in [2.24, 2.45) is 0 Å². The molecule has 0 aliphatic rings. The Bertz CT molecular complexity index is 1230. The monoisotopic (exact) mass is 750 g/mol. The molecule has 0 spiro atoms. The molecular weight excluding hydrogens is 728 g/mol. The molecule has 0 saturated heterocycles. The summed E-state index contributed by atoms with van der Waals surface area (Å²) in [7, 11) is 0. The van der Waals surface area contributed by atoms with E-state index in [4.69, 9.17) is 20.9 Å². The number of benzene rings is 4. The normalized spacial score (nSPS) is 11.1. The van der Waals surface area contributed by atoms with E-state index in [2.05, 4.69) is 94.9 Å². The highest BCUT2D eigenvalue weighted by atomic mass is 79.9. The van der Waals surface area contributed by atoms with Crippen LogP contribution in [0.3, 0.4) is 0 Å². The Morgan fingerprint density at radius 2 is 0.973 bits per heavy atom. The average Bonchev–Trinajstić information content (AvgIpc) is 2.86. The van der Waals surface area contributed by atoms with Crippen LogP contribution >= 0.6 is 63.7 Å². The van der Waals surface area contributed by atoms with E-state index in [-0.39, 0.29) is 5.92 Å². The fourth-order valence-electron chi connectivity index (χ4n) is 4.00. The maximum absolute atomic E-state index is 6.15. The molecule has 192 valence electrons. The molecular formula is C29H26Br4N2O2. The summed E-state index contributed by atoms with van der Waals surface area (Å²) in [6.07, 6.45) is 3.21. The van der Waals surface area contributed by atoms with Crippen LogP contribution in [0, 0.1) is 0 Å². The average molecular weight is 754 g/mol. The van der Waals surface area contributed by atoms with Crippen LogP contribution in [0.1, 0.15) is 43.2 Å². The summed E-state index contributed by atoms with van der Waals surface area (Å²) < 4.78 is 15.8. The highest BCUT2D eigenvalue weighted by molar-refractivity contribution is 9.11. The minimum atomic E-state index is 0.177. The minimum Gasteiger partial charge on any atom is -0.455 e. The van der Waals surface area contributed by atoms with Crippen LogP contribution in [0.4, 0.5) is 11.4 Å². The van der Waals surface area contributed by atoms with E-state index in [0.717, 1.165) is 60.2 Å². The summed E-state index contributed by atoms with van der Waals surface area (Å²) in [5.74, 6) is 3.05. The number of halogens is 4. The van der Waals surface area contributed by atoms with Crippen LogP contribution in [0.25, 0.3) is 0 Å². The van der Waals surface area contributed by atoms with Crippen molar-refractivity contribution in [1.29, 1.82) is 0 Å². The maximum Gasteiger partial charge on any atom is 0.155 e. The summed E-state index contributed by atoms with van der Waals surface area (Å²) in [4.78, 5) is 0. The smallest absolute Gasteiger partial charge is 0.155 e. The van der Waals surface area contributed by atoms with Crippen molar-refractivity contribution < 1.29 is 9.47 Å². The molecule has 0 aromatic heterocycles. The van der Waals surface area contributed by atoms with Crippen LogP contribution < -0.4 is 20.9 Å². The third kappa shape index (κ3) is 7.11. The third-order valence-corrected chi connectivity index (χ3v) is 8.25. The Morgan fingerprint density at radius 1 is 0.622 bits per heavy atom. The fraction of sp³-hybridized carbons (Fsp3) is 0.172. The Hall–Kier alpha value is -2.00. The summed E-state index contributed by atoms with van der Waals surface area (Å²) in [6.45, 7) is 2.21. The number of ether oxygens (including phenoxy) is 2. The summed E-state index contributed by atoms with van der Waals surface area (Å²) in [6, 6.07) is 23.3. The summed E-state index contributed by atoms with van der Waals surface area (Å²) in [5.41, 5.74) is 15.4. The van der Waals surface area contributed by atoms with Crippen molar-refractivity contribution in [3.05, 3.63) is 102 Å². The Kier molecular flexibility index (Phi) is 9.62. The van der Waals surface area contributed by atoms with Gasteiger partial charge in [0.15, 0.2) is 11.5 Å². The van der Waals surface area contributed by atoms with Crippen molar-refractivity contribution in [2.45, 2.75) is 32.1 Å². The van der Waals surface area contributed by atoms with E-state index in [0.29, 0.717) is 11.4 Å². The lowest BCUT2D eigenvalue weighted by atomic mass is 9.87. The zero-order valence-electron chi connectivity index (χ0n) is 20.1. The summed E-state index contributed by atoms with van der Waals surface area (Å²) >= 11 is 14.9. The zero-order chi connectivity index (χ0) is 26.5. The molecule has 4 aromatic carbocycles. The van der Waals surface area contributed by atoms with E-state index in [1.807, 2.05) is 48.5 Å². The number of anilines is 2.